The first-order valence-electron chi connectivity index (χ1n) is 12.5. The van der Waals surface area contributed by atoms with Crippen molar-refractivity contribution in [1.29, 1.82) is 0 Å². The first kappa shape index (κ1) is 23.9. The second kappa shape index (κ2) is 9.33. The number of hydrogen-bond donors (Lipinski definition) is 4. The zero-order valence-electron chi connectivity index (χ0n) is 20.2. The lowest BCUT2D eigenvalue weighted by Crippen LogP contribution is -2.45. The van der Waals surface area contributed by atoms with Gasteiger partial charge in [-0.1, -0.05) is 23.8 Å². The van der Waals surface area contributed by atoms with Gasteiger partial charge in [-0.25, -0.2) is 0 Å². The molecule has 0 bridgehead atoms. The van der Waals surface area contributed by atoms with Crippen LogP contribution in [0, 0.1) is 12.8 Å². The Labute approximate surface area is 206 Å². The van der Waals surface area contributed by atoms with Crippen LogP contribution in [0.25, 0.3) is 0 Å². The molecule has 2 heterocycles. The molecule has 5 atom stereocenters. The number of pyridine rings is 1. The van der Waals surface area contributed by atoms with Crippen molar-refractivity contribution in [1.82, 2.24) is 20.5 Å². The lowest BCUT2D eigenvalue weighted by Gasteiger charge is -2.30. The molecule has 3 aliphatic rings. The van der Waals surface area contributed by atoms with E-state index in [1.807, 2.05) is 31.2 Å². The van der Waals surface area contributed by atoms with E-state index < -0.39 is 5.60 Å². The van der Waals surface area contributed by atoms with E-state index in [9.17, 15) is 14.7 Å². The van der Waals surface area contributed by atoms with Crippen LogP contribution in [0.2, 0.25) is 0 Å². The Balaban J connectivity index is 1.09. The van der Waals surface area contributed by atoms with Crippen molar-refractivity contribution in [3.63, 3.8) is 0 Å². The van der Waals surface area contributed by atoms with Crippen molar-refractivity contribution >= 4 is 11.8 Å². The van der Waals surface area contributed by atoms with Crippen LogP contribution < -0.4 is 16.4 Å². The van der Waals surface area contributed by atoms with Gasteiger partial charge in [0.05, 0.1) is 12.1 Å². The van der Waals surface area contributed by atoms with Crippen LogP contribution in [0.3, 0.4) is 0 Å². The van der Waals surface area contributed by atoms with Gasteiger partial charge >= 0.3 is 0 Å². The molecule has 5 rings (SSSR count). The van der Waals surface area contributed by atoms with Gasteiger partial charge in [0, 0.05) is 54.2 Å². The van der Waals surface area contributed by atoms with Crippen molar-refractivity contribution in [2.75, 3.05) is 19.6 Å². The van der Waals surface area contributed by atoms with E-state index in [1.54, 1.807) is 24.5 Å². The molecule has 186 valence electrons. The highest BCUT2D eigenvalue weighted by Crippen LogP contribution is 2.55. The second-order valence-corrected chi connectivity index (χ2v) is 10.8. The highest BCUT2D eigenvalue weighted by Gasteiger charge is 2.58. The number of carbonyl (C=O) groups excluding carboxylic acids is 2. The van der Waals surface area contributed by atoms with E-state index >= 15 is 0 Å². The quantitative estimate of drug-likeness (QED) is 0.500. The third-order valence-corrected chi connectivity index (χ3v) is 8.18. The number of nitrogens with zero attached hydrogens (tertiary/aromatic N) is 2. The maximum Gasteiger partial charge on any atom is 0.251 e. The van der Waals surface area contributed by atoms with Gasteiger partial charge < -0.3 is 21.5 Å². The Morgan fingerprint density at radius 1 is 1.26 bits per heavy atom. The summed E-state index contributed by atoms with van der Waals surface area (Å²) in [5, 5.41) is 17.1. The van der Waals surface area contributed by atoms with E-state index in [1.165, 1.54) is 0 Å². The maximum atomic E-state index is 12.4. The minimum atomic E-state index is -0.900. The number of likely N-dealkylation sites (tertiary alicyclic amines) is 1. The van der Waals surface area contributed by atoms with Crippen LogP contribution in [0.5, 0.6) is 0 Å². The van der Waals surface area contributed by atoms with Crippen LogP contribution in [0.1, 0.15) is 53.6 Å². The maximum absolute atomic E-state index is 12.4. The fourth-order valence-electron chi connectivity index (χ4n) is 6.48. The zero-order chi connectivity index (χ0) is 24.6. The highest BCUT2D eigenvalue weighted by atomic mass is 16.3. The second-order valence-electron chi connectivity index (χ2n) is 10.8. The first-order chi connectivity index (χ1) is 16.7. The summed E-state index contributed by atoms with van der Waals surface area (Å²) in [6.07, 6.45) is 7.40. The molecule has 0 spiro atoms. The molecule has 1 saturated heterocycles. The van der Waals surface area contributed by atoms with E-state index in [4.69, 9.17) is 5.73 Å². The molecule has 35 heavy (non-hydrogen) atoms. The number of hydrogen-bond acceptors (Lipinski definition) is 6. The molecule has 3 fully saturated rings. The van der Waals surface area contributed by atoms with Gasteiger partial charge in [0.2, 0.25) is 5.91 Å². The number of amides is 2. The Morgan fingerprint density at radius 2 is 2.11 bits per heavy atom. The summed E-state index contributed by atoms with van der Waals surface area (Å²) in [5.74, 6) is -0.143. The molecule has 2 amide bonds. The molecule has 1 aromatic heterocycles. The topological polar surface area (TPSA) is 121 Å². The van der Waals surface area contributed by atoms with Gasteiger partial charge in [-0.05, 0) is 63.1 Å². The van der Waals surface area contributed by atoms with Gasteiger partial charge in [0.15, 0.2) is 0 Å². The molecule has 8 heteroatoms. The van der Waals surface area contributed by atoms with Gasteiger partial charge in [-0.15, -0.1) is 0 Å². The van der Waals surface area contributed by atoms with Crippen LogP contribution >= 0.6 is 0 Å². The van der Waals surface area contributed by atoms with Gasteiger partial charge in [0.1, 0.15) is 0 Å². The monoisotopic (exact) mass is 477 g/mol. The lowest BCUT2D eigenvalue weighted by molar-refractivity contribution is -0.120. The van der Waals surface area contributed by atoms with Crippen molar-refractivity contribution in [2.45, 2.75) is 62.3 Å². The van der Waals surface area contributed by atoms with Crippen molar-refractivity contribution < 1.29 is 14.7 Å². The molecule has 1 aromatic carbocycles. The number of carbonyl (C=O) groups is 2. The van der Waals surface area contributed by atoms with E-state index in [0.29, 0.717) is 24.4 Å². The molecular formula is C27H35N5O3. The number of nitrogens with two attached hydrogens (primary N) is 1. The standard InChI is InChI=1S/C27H35N5O3/c1-18-4-2-5-19(10-18)25(34)30-15-24(33)31-22-7-9-32(16-22)23-11-21-12-27(35,17-26(21,28)13-23)20-6-3-8-29-14-20/h2-6,8,10,14,21-23,35H,7,9,11-13,15-17,28H2,1H3,(H,30,34)(H,31,33)/t21?,22-,23?,26+,27?/m1/s1. The van der Waals surface area contributed by atoms with Crippen LogP contribution in [0.15, 0.2) is 48.8 Å². The minimum Gasteiger partial charge on any atom is -0.385 e. The van der Waals surface area contributed by atoms with Crippen molar-refractivity contribution in [3.8, 4) is 0 Å². The molecule has 8 nitrogen and oxygen atoms in total. The van der Waals surface area contributed by atoms with E-state index in [2.05, 4.69) is 20.5 Å². The summed E-state index contributed by atoms with van der Waals surface area (Å²) in [4.78, 5) is 31.4. The molecular weight excluding hydrogens is 442 g/mol. The van der Waals surface area contributed by atoms with Crippen LogP contribution in [-0.2, 0) is 10.4 Å². The summed E-state index contributed by atoms with van der Waals surface area (Å²) in [7, 11) is 0. The van der Waals surface area contributed by atoms with E-state index in [-0.39, 0.29) is 35.9 Å². The fourth-order valence-corrected chi connectivity index (χ4v) is 6.48. The van der Waals surface area contributed by atoms with Crippen molar-refractivity contribution in [3.05, 3.63) is 65.5 Å². The fraction of sp³-hybridized carbons (Fsp3) is 0.519. The number of aryl methyl sites for hydroxylation is 1. The first-order valence-corrected chi connectivity index (χ1v) is 12.5. The number of benzene rings is 1. The summed E-state index contributed by atoms with van der Waals surface area (Å²) in [6.45, 7) is 3.60. The Hall–Kier alpha value is -2.81. The number of fused-ring (bicyclic) bond motifs is 1. The largest absolute Gasteiger partial charge is 0.385 e. The van der Waals surface area contributed by atoms with Crippen LogP contribution in [0.4, 0.5) is 0 Å². The predicted molar refractivity (Wildman–Crippen MR) is 132 cm³/mol. The number of nitrogens with one attached hydrogen (secondary N) is 2. The third kappa shape index (κ3) is 4.96. The molecule has 2 aliphatic carbocycles. The summed E-state index contributed by atoms with van der Waals surface area (Å²) in [5.41, 5.74) is 8.00. The minimum absolute atomic E-state index is 0.0341. The summed E-state index contributed by atoms with van der Waals surface area (Å²) >= 11 is 0. The highest BCUT2D eigenvalue weighted by molar-refractivity contribution is 5.96. The molecule has 0 radical (unpaired) electrons. The average molecular weight is 478 g/mol. The zero-order valence-corrected chi connectivity index (χ0v) is 20.2. The third-order valence-electron chi connectivity index (χ3n) is 8.18. The number of rotatable bonds is 6. The Bertz CT molecular complexity index is 1100. The normalized spacial score (nSPS) is 32.4. The SMILES string of the molecule is Cc1cccc(C(=O)NCC(=O)N[C@@H]2CCN(C3CC4CC(O)(c5cccnc5)C[C@@]4(N)C3)C2)c1. The Kier molecular flexibility index (Phi) is 6.38. The lowest BCUT2D eigenvalue weighted by atomic mass is 9.88. The van der Waals surface area contributed by atoms with Crippen molar-refractivity contribution in [2.24, 2.45) is 11.7 Å². The van der Waals surface area contributed by atoms with Gasteiger partial charge in [-0.2, -0.15) is 0 Å². The molecule has 2 aromatic rings. The molecule has 5 N–H and O–H groups in total. The number of aliphatic hydroxyl groups is 1. The molecule has 2 saturated carbocycles. The molecule has 3 unspecified atom stereocenters. The summed E-state index contributed by atoms with van der Waals surface area (Å²) < 4.78 is 0. The predicted octanol–water partition coefficient (Wildman–Crippen LogP) is 1.47. The van der Waals surface area contributed by atoms with Gasteiger partial charge in [0.25, 0.3) is 5.91 Å². The molecule has 1 aliphatic heterocycles. The number of aromatic nitrogens is 1. The van der Waals surface area contributed by atoms with Crippen LogP contribution in [-0.4, -0.2) is 64.1 Å². The average Bonchev–Trinajstić information content (AvgIpc) is 3.48. The summed E-state index contributed by atoms with van der Waals surface area (Å²) in [6, 6.07) is 11.5. The Morgan fingerprint density at radius 3 is 2.86 bits per heavy atom. The van der Waals surface area contributed by atoms with E-state index in [0.717, 1.165) is 43.5 Å². The van der Waals surface area contributed by atoms with Gasteiger partial charge in [-0.3, -0.25) is 19.5 Å². The smallest absolute Gasteiger partial charge is 0.251 e.